The van der Waals surface area contributed by atoms with Crippen molar-refractivity contribution in [1.29, 1.82) is 0 Å². The van der Waals surface area contributed by atoms with Crippen molar-refractivity contribution >= 4 is 11.6 Å². The fraction of sp³-hybridized carbons (Fsp3) is 0.414. The molecule has 1 amide bonds. The maximum absolute atomic E-state index is 14.1. The van der Waals surface area contributed by atoms with Crippen LogP contribution in [0.1, 0.15) is 31.2 Å². The number of phenolic OH excluding ortho intramolecular Hbond substituents is 1. The van der Waals surface area contributed by atoms with Gasteiger partial charge in [-0.2, -0.15) is 10.2 Å². The third kappa shape index (κ3) is 4.01. The van der Waals surface area contributed by atoms with Gasteiger partial charge >= 0.3 is 0 Å². The van der Waals surface area contributed by atoms with E-state index in [1.165, 1.54) is 0 Å². The van der Waals surface area contributed by atoms with Crippen LogP contribution in [-0.2, 0) is 10.2 Å². The first kappa shape index (κ1) is 23.0. The van der Waals surface area contributed by atoms with E-state index in [9.17, 15) is 9.90 Å². The van der Waals surface area contributed by atoms with E-state index in [1.807, 2.05) is 36.4 Å². The van der Waals surface area contributed by atoms with Gasteiger partial charge in [0.1, 0.15) is 5.75 Å². The van der Waals surface area contributed by atoms with Crippen LogP contribution >= 0.6 is 0 Å². The largest absolute Gasteiger partial charge is 0.507 e. The molecule has 7 nitrogen and oxygen atoms in total. The number of nitrogens with zero attached hydrogens (tertiary/aromatic N) is 4. The number of rotatable bonds is 4. The second kappa shape index (κ2) is 9.21. The molecule has 3 fully saturated rings. The molecule has 3 saturated heterocycles. The zero-order chi connectivity index (χ0) is 24.6. The van der Waals surface area contributed by atoms with E-state index < -0.39 is 5.41 Å². The minimum Gasteiger partial charge on any atom is -0.507 e. The van der Waals surface area contributed by atoms with Crippen molar-refractivity contribution in [1.82, 2.24) is 20.4 Å². The van der Waals surface area contributed by atoms with Gasteiger partial charge in [-0.15, -0.1) is 0 Å². The van der Waals surface area contributed by atoms with Crippen LogP contribution in [0, 0.1) is 5.41 Å². The Morgan fingerprint density at radius 3 is 2.33 bits per heavy atom. The molecule has 0 unspecified atom stereocenters. The average Bonchev–Trinajstić information content (AvgIpc) is 2.92. The average molecular weight is 484 g/mol. The van der Waals surface area contributed by atoms with Gasteiger partial charge in [0.2, 0.25) is 5.91 Å². The lowest BCUT2D eigenvalue weighted by atomic mass is 9.67. The molecule has 1 aromatic heterocycles. The molecule has 0 radical (unpaired) electrons. The maximum Gasteiger partial charge on any atom is 0.233 e. The number of hydrogen-bond acceptors (Lipinski definition) is 6. The van der Waals surface area contributed by atoms with E-state index in [1.54, 1.807) is 18.3 Å². The van der Waals surface area contributed by atoms with Gasteiger partial charge < -0.3 is 20.2 Å². The van der Waals surface area contributed by atoms with Crippen molar-refractivity contribution in [2.24, 2.45) is 5.41 Å². The van der Waals surface area contributed by atoms with Crippen molar-refractivity contribution in [3.05, 3.63) is 72.4 Å². The van der Waals surface area contributed by atoms with Crippen LogP contribution in [0.3, 0.4) is 0 Å². The smallest absolute Gasteiger partial charge is 0.233 e. The van der Waals surface area contributed by atoms with Gasteiger partial charge in [-0.05, 0) is 62.5 Å². The van der Waals surface area contributed by atoms with Crippen molar-refractivity contribution in [3.63, 3.8) is 0 Å². The Kier molecular flexibility index (Phi) is 5.88. The first-order chi connectivity index (χ1) is 17.6. The fourth-order valence-electron chi connectivity index (χ4n) is 6.36. The van der Waals surface area contributed by atoms with Crippen LogP contribution < -0.4 is 10.2 Å². The SMILES string of the molecule is O=C(N1CC2(CCNCC2)C1)C1(c2ccccc2)CCN(c2cnnc(-c3ccccc3O)c2)CC1. The number of anilines is 1. The summed E-state index contributed by atoms with van der Waals surface area (Å²) >= 11 is 0. The number of phenols is 1. The van der Waals surface area contributed by atoms with Crippen LogP contribution in [0.2, 0.25) is 0 Å². The van der Waals surface area contributed by atoms with E-state index in [0.717, 1.165) is 76.2 Å². The predicted molar refractivity (Wildman–Crippen MR) is 140 cm³/mol. The first-order valence-corrected chi connectivity index (χ1v) is 13.0. The molecule has 3 aliphatic rings. The summed E-state index contributed by atoms with van der Waals surface area (Å²) in [7, 11) is 0. The highest BCUT2D eigenvalue weighted by Crippen LogP contribution is 2.45. The summed E-state index contributed by atoms with van der Waals surface area (Å²) in [6, 6.07) is 19.5. The van der Waals surface area contributed by atoms with E-state index >= 15 is 0 Å². The van der Waals surface area contributed by atoms with Crippen LogP contribution in [0.5, 0.6) is 5.75 Å². The van der Waals surface area contributed by atoms with Crippen LogP contribution in [-0.4, -0.2) is 65.4 Å². The molecule has 2 N–H and O–H groups in total. The molecule has 1 spiro atoms. The van der Waals surface area contributed by atoms with Gasteiger partial charge in [0.15, 0.2) is 0 Å². The topological polar surface area (TPSA) is 81.6 Å². The quantitative estimate of drug-likeness (QED) is 0.590. The first-order valence-electron chi connectivity index (χ1n) is 13.0. The Bertz CT molecular complexity index is 1230. The fourth-order valence-corrected chi connectivity index (χ4v) is 6.36. The summed E-state index contributed by atoms with van der Waals surface area (Å²) in [6.45, 7) is 5.42. The minimum atomic E-state index is -0.493. The Morgan fingerprint density at radius 1 is 0.917 bits per heavy atom. The highest BCUT2D eigenvalue weighted by molar-refractivity contribution is 5.89. The Labute approximate surface area is 212 Å². The molecule has 2 aromatic carbocycles. The number of carbonyl (C=O) groups is 1. The number of aromatic hydroxyl groups is 1. The van der Waals surface area contributed by atoms with Crippen LogP contribution in [0.4, 0.5) is 5.69 Å². The molecule has 0 bridgehead atoms. The molecule has 186 valence electrons. The number of nitrogens with one attached hydrogen (secondary N) is 1. The lowest BCUT2D eigenvalue weighted by Crippen LogP contribution is -2.65. The van der Waals surface area contributed by atoms with Gasteiger partial charge in [-0.3, -0.25) is 4.79 Å². The van der Waals surface area contributed by atoms with Gasteiger partial charge in [0, 0.05) is 37.2 Å². The molecule has 0 atom stereocenters. The van der Waals surface area contributed by atoms with Crippen LogP contribution in [0.15, 0.2) is 66.9 Å². The van der Waals surface area contributed by atoms with Crippen molar-refractivity contribution < 1.29 is 9.90 Å². The van der Waals surface area contributed by atoms with E-state index in [2.05, 4.69) is 37.4 Å². The molecular formula is C29H33N5O2. The van der Waals surface area contributed by atoms with E-state index in [0.29, 0.717) is 22.6 Å². The number of hydrogen-bond donors (Lipinski definition) is 2. The molecule has 0 saturated carbocycles. The number of piperidine rings is 2. The number of amides is 1. The Morgan fingerprint density at radius 2 is 1.61 bits per heavy atom. The zero-order valence-electron chi connectivity index (χ0n) is 20.6. The number of likely N-dealkylation sites (tertiary alicyclic amines) is 1. The van der Waals surface area contributed by atoms with E-state index in [-0.39, 0.29) is 5.75 Å². The zero-order valence-corrected chi connectivity index (χ0v) is 20.6. The molecule has 6 rings (SSSR count). The summed E-state index contributed by atoms with van der Waals surface area (Å²) in [4.78, 5) is 18.5. The Hall–Kier alpha value is -3.45. The highest BCUT2D eigenvalue weighted by atomic mass is 16.3. The van der Waals surface area contributed by atoms with Gasteiger partial charge in [0.05, 0.1) is 23.0 Å². The third-order valence-electron chi connectivity index (χ3n) is 8.54. The van der Waals surface area contributed by atoms with Gasteiger partial charge in [-0.1, -0.05) is 42.5 Å². The second-order valence-electron chi connectivity index (χ2n) is 10.7. The summed E-state index contributed by atoms with van der Waals surface area (Å²) in [6.07, 6.45) is 5.62. The summed E-state index contributed by atoms with van der Waals surface area (Å²) in [5, 5.41) is 22.2. The molecule has 3 aliphatic heterocycles. The van der Waals surface area contributed by atoms with Crippen molar-refractivity contribution in [3.8, 4) is 17.0 Å². The summed E-state index contributed by atoms with van der Waals surface area (Å²) in [5.74, 6) is 0.484. The summed E-state index contributed by atoms with van der Waals surface area (Å²) in [5.41, 5.74) is 3.24. The molecule has 7 heteroatoms. The van der Waals surface area contributed by atoms with Gasteiger partial charge in [-0.25, -0.2) is 0 Å². The molecule has 0 aliphatic carbocycles. The number of carbonyl (C=O) groups excluding carboxylic acids is 1. The number of para-hydroxylation sites is 1. The van der Waals surface area contributed by atoms with Crippen LogP contribution in [0.25, 0.3) is 11.3 Å². The Balaban J connectivity index is 1.22. The van der Waals surface area contributed by atoms with E-state index in [4.69, 9.17) is 0 Å². The normalized spacial score (nSPS) is 20.7. The molecular weight excluding hydrogens is 450 g/mol. The third-order valence-corrected chi connectivity index (χ3v) is 8.54. The van der Waals surface area contributed by atoms with Gasteiger partial charge in [0.25, 0.3) is 0 Å². The molecule has 3 aromatic rings. The predicted octanol–water partition coefficient (Wildman–Crippen LogP) is 3.60. The number of benzene rings is 2. The second-order valence-corrected chi connectivity index (χ2v) is 10.7. The molecule has 36 heavy (non-hydrogen) atoms. The van der Waals surface area contributed by atoms with Crippen molar-refractivity contribution in [2.45, 2.75) is 31.1 Å². The lowest BCUT2D eigenvalue weighted by Gasteiger charge is -2.55. The summed E-state index contributed by atoms with van der Waals surface area (Å²) < 4.78 is 0. The number of aromatic nitrogens is 2. The standard InChI is InChI=1S/C29H33N5O2/c35-26-9-5-4-8-24(26)25-18-23(19-31-32-25)33-16-12-29(13-17-33,22-6-2-1-3-7-22)27(36)34-20-28(21-34)10-14-30-15-11-28/h1-9,18-19,30,35H,10-17,20-21H2. The highest BCUT2D eigenvalue weighted by Gasteiger charge is 2.52. The van der Waals surface area contributed by atoms with Crippen molar-refractivity contribution in [2.75, 3.05) is 44.2 Å². The maximum atomic E-state index is 14.1. The monoisotopic (exact) mass is 483 g/mol. The minimum absolute atomic E-state index is 0.192. The molecule has 4 heterocycles. The lowest BCUT2D eigenvalue weighted by molar-refractivity contribution is -0.152.